The molecular formula is C11H9ClO4. The highest BCUT2D eigenvalue weighted by molar-refractivity contribution is 6.33. The number of carbonyl (C=O) groups is 1. The second-order valence-electron chi connectivity index (χ2n) is 3.33. The van der Waals surface area contributed by atoms with Crippen LogP contribution in [-0.4, -0.2) is 17.4 Å². The van der Waals surface area contributed by atoms with Gasteiger partial charge < -0.3 is 14.6 Å². The van der Waals surface area contributed by atoms with Gasteiger partial charge in [-0.1, -0.05) is 17.7 Å². The molecule has 1 aliphatic heterocycles. The quantitative estimate of drug-likeness (QED) is 0.806. The first-order valence-electron chi connectivity index (χ1n) is 4.61. The lowest BCUT2D eigenvalue weighted by Gasteiger charge is -2.12. The van der Waals surface area contributed by atoms with Crippen molar-refractivity contribution in [1.29, 1.82) is 0 Å². The number of benzene rings is 1. The third kappa shape index (κ3) is 1.97. The largest absolute Gasteiger partial charge is 0.506 e. The highest BCUT2D eigenvalue weighted by Gasteiger charge is 2.24. The number of ether oxygens (including phenoxy) is 2. The molecule has 1 N–H and O–H groups in total. The highest BCUT2D eigenvalue weighted by atomic mass is 35.5. The third-order valence-corrected chi connectivity index (χ3v) is 2.50. The number of phenolic OH excluding ortho intramolecular Hbond substituents is 1. The minimum Gasteiger partial charge on any atom is -0.506 e. The van der Waals surface area contributed by atoms with Gasteiger partial charge in [0.1, 0.15) is 16.5 Å². The van der Waals surface area contributed by atoms with Crippen LogP contribution in [0.4, 0.5) is 0 Å². The summed E-state index contributed by atoms with van der Waals surface area (Å²) in [5.41, 5.74) is 0.487. The average Bonchev–Trinajstić information content (AvgIpc) is 2.54. The van der Waals surface area contributed by atoms with Crippen LogP contribution in [0.1, 0.15) is 6.92 Å². The van der Waals surface area contributed by atoms with E-state index in [-0.39, 0.29) is 16.5 Å². The molecule has 5 heteroatoms. The fourth-order valence-corrected chi connectivity index (χ4v) is 1.45. The van der Waals surface area contributed by atoms with Crippen molar-refractivity contribution >= 4 is 17.6 Å². The van der Waals surface area contributed by atoms with E-state index in [0.717, 1.165) is 0 Å². The van der Waals surface area contributed by atoms with Gasteiger partial charge in [-0.2, -0.15) is 0 Å². The van der Waals surface area contributed by atoms with Gasteiger partial charge in [-0.05, 0) is 19.1 Å². The van der Waals surface area contributed by atoms with Gasteiger partial charge in [-0.25, -0.2) is 4.79 Å². The second-order valence-corrected chi connectivity index (χ2v) is 3.71. The molecule has 0 bridgehead atoms. The van der Waals surface area contributed by atoms with E-state index in [9.17, 15) is 9.90 Å². The van der Waals surface area contributed by atoms with E-state index in [4.69, 9.17) is 21.1 Å². The Hall–Kier alpha value is -1.68. The molecule has 0 radical (unpaired) electrons. The smallest absolute Gasteiger partial charge is 0.336 e. The van der Waals surface area contributed by atoms with E-state index in [0.29, 0.717) is 5.57 Å². The summed E-state index contributed by atoms with van der Waals surface area (Å²) in [4.78, 5) is 11.1. The van der Waals surface area contributed by atoms with Crippen molar-refractivity contribution in [3.05, 3.63) is 34.9 Å². The maximum atomic E-state index is 11.1. The minimum absolute atomic E-state index is 0.0795. The van der Waals surface area contributed by atoms with Gasteiger partial charge in [-0.3, -0.25) is 0 Å². The number of halogens is 1. The van der Waals surface area contributed by atoms with Crippen LogP contribution in [0.25, 0.3) is 0 Å². The Balaban J connectivity index is 2.17. The third-order valence-electron chi connectivity index (χ3n) is 2.12. The lowest BCUT2D eigenvalue weighted by atomic mass is 10.3. The van der Waals surface area contributed by atoms with Crippen LogP contribution in [0.15, 0.2) is 29.8 Å². The first-order chi connectivity index (χ1) is 7.58. The van der Waals surface area contributed by atoms with Crippen LogP contribution in [-0.2, 0) is 9.53 Å². The van der Waals surface area contributed by atoms with E-state index >= 15 is 0 Å². The minimum atomic E-state index is -0.785. The molecule has 2 rings (SSSR count). The zero-order valence-corrected chi connectivity index (χ0v) is 9.19. The maximum Gasteiger partial charge on any atom is 0.336 e. The summed E-state index contributed by atoms with van der Waals surface area (Å²) in [5.74, 6) is -0.226. The van der Waals surface area contributed by atoms with Gasteiger partial charge in [0.2, 0.25) is 0 Å². The molecule has 0 saturated heterocycles. The van der Waals surface area contributed by atoms with Crippen molar-refractivity contribution in [2.75, 3.05) is 0 Å². The number of aromatic hydroxyl groups is 1. The summed E-state index contributed by atoms with van der Waals surface area (Å²) < 4.78 is 10.2. The number of hydrogen-bond donors (Lipinski definition) is 1. The van der Waals surface area contributed by atoms with Crippen molar-refractivity contribution in [2.24, 2.45) is 0 Å². The van der Waals surface area contributed by atoms with E-state index in [1.165, 1.54) is 6.07 Å². The Kier molecular flexibility index (Phi) is 2.75. The second kappa shape index (κ2) is 4.06. The van der Waals surface area contributed by atoms with Crippen molar-refractivity contribution in [3.63, 3.8) is 0 Å². The predicted octanol–water partition coefficient (Wildman–Crippen LogP) is 2.25. The average molecular weight is 241 g/mol. The molecule has 0 aromatic heterocycles. The van der Waals surface area contributed by atoms with Gasteiger partial charge in [0, 0.05) is 11.6 Å². The number of phenols is 1. The molecule has 1 aromatic rings. The predicted molar refractivity (Wildman–Crippen MR) is 57.4 cm³/mol. The van der Waals surface area contributed by atoms with Crippen LogP contribution in [0.5, 0.6) is 11.5 Å². The zero-order valence-electron chi connectivity index (χ0n) is 8.44. The van der Waals surface area contributed by atoms with E-state index < -0.39 is 12.3 Å². The molecule has 1 aromatic carbocycles. The lowest BCUT2D eigenvalue weighted by molar-refractivity contribution is -0.148. The van der Waals surface area contributed by atoms with Gasteiger partial charge in [0.05, 0.1) is 0 Å². The van der Waals surface area contributed by atoms with E-state index in [2.05, 4.69) is 0 Å². The molecule has 0 amide bonds. The highest BCUT2D eigenvalue weighted by Crippen LogP contribution is 2.34. The molecular weight excluding hydrogens is 232 g/mol. The van der Waals surface area contributed by atoms with Crippen molar-refractivity contribution in [1.82, 2.24) is 0 Å². The Bertz CT molecular complexity index is 467. The number of rotatable bonds is 2. The molecule has 0 saturated carbocycles. The summed E-state index contributed by atoms with van der Waals surface area (Å²) >= 11 is 5.81. The van der Waals surface area contributed by atoms with Gasteiger partial charge in [0.25, 0.3) is 6.29 Å². The van der Waals surface area contributed by atoms with E-state index in [1.54, 1.807) is 25.1 Å². The summed E-state index contributed by atoms with van der Waals surface area (Å²) in [6.45, 7) is 1.63. The summed E-state index contributed by atoms with van der Waals surface area (Å²) in [5, 5.41) is 9.44. The molecule has 1 atom stereocenters. The van der Waals surface area contributed by atoms with Gasteiger partial charge in [0.15, 0.2) is 0 Å². The zero-order chi connectivity index (χ0) is 11.7. The van der Waals surface area contributed by atoms with Crippen LogP contribution >= 0.6 is 11.6 Å². The molecule has 0 fully saturated rings. The SMILES string of the molecule is CC1=CC(Oc2cccc(O)c2Cl)OC1=O. The Morgan fingerprint density at radius 1 is 1.50 bits per heavy atom. The Morgan fingerprint density at radius 2 is 2.25 bits per heavy atom. The molecule has 1 unspecified atom stereocenters. The normalized spacial score (nSPS) is 19.2. The standard InChI is InChI=1S/C11H9ClO4/c1-6-5-9(16-11(6)14)15-8-4-2-3-7(13)10(8)12/h2-5,9,13H,1H3. The van der Waals surface area contributed by atoms with Crippen molar-refractivity contribution in [3.8, 4) is 11.5 Å². The first kappa shape index (κ1) is 10.8. The summed E-state index contributed by atoms with van der Waals surface area (Å²) in [6.07, 6.45) is 0.759. The summed E-state index contributed by atoms with van der Waals surface area (Å²) in [7, 11) is 0. The molecule has 1 heterocycles. The van der Waals surface area contributed by atoms with E-state index in [1.807, 2.05) is 0 Å². The molecule has 84 valence electrons. The molecule has 0 spiro atoms. The van der Waals surface area contributed by atoms with Crippen LogP contribution < -0.4 is 4.74 Å². The maximum absolute atomic E-state index is 11.1. The van der Waals surface area contributed by atoms with Gasteiger partial charge in [-0.15, -0.1) is 0 Å². The lowest BCUT2D eigenvalue weighted by Crippen LogP contribution is -2.15. The van der Waals surface area contributed by atoms with Crippen LogP contribution in [0.2, 0.25) is 5.02 Å². The number of carbonyl (C=O) groups excluding carboxylic acids is 1. The van der Waals surface area contributed by atoms with Crippen molar-refractivity contribution in [2.45, 2.75) is 13.2 Å². The molecule has 16 heavy (non-hydrogen) atoms. The Morgan fingerprint density at radius 3 is 2.88 bits per heavy atom. The fourth-order valence-electron chi connectivity index (χ4n) is 1.28. The summed E-state index contributed by atoms with van der Waals surface area (Å²) in [6, 6.07) is 4.61. The topological polar surface area (TPSA) is 55.8 Å². The first-order valence-corrected chi connectivity index (χ1v) is 4.99. The Labute approximate surface area is 97.0 Å². The van der Waals surface area contributed by atoms with Crippen molar-refractivity contribution < 1.29 is 19.4 Å². The fraction of sp³-hybridized carbons (Fsp3) is 0.182. The number of hydrogen-bond acceptors (Lipinski definition) is 4. The van der Waals surface area contributed by atoms with Crippen LogP contribution in [0, 0.1) is 0 Å². The number of esters is 1. The molecule has 1 aliphatic rings. The number of cyclic esters (lactones) is 1. The van der Waals surface area contributed by atoms with Crippen LogP contribution in [0.3, 0.4) is 0 Å². The monoisotopic (exact) mass is 240 g/mol. The molecule has 0 aliphatic carbocycles. The van der Waals surface area contributed by atoms with Gasteiger partial charge >= 0.3 is 5.97 Å². The molecule has 4 nitrogen and oxygen atoms in total.